The summed E-state index contributed by atoms with van der Waals surface area (Å²) in [6, 6.07) is 12.3. The highest BCUT2D eigenvalue weighted by atomic mass is 16.5. The van der Waals surface area contributed by atoms with Crippen molar-refractivity contribution in [2.24, 2.45) is 0 Å². The number of carbonyl (C=O) groups is 2. The zero-order chi connectivity index (χ0) is 19.8. The number of ether oxygens (including phenoxy) is 3. The Kier molecular flexibility index (Phi) is 7.23. The molecule has 0 saturated heterocycles. The van der Waals surface area contributed by atoms with Gasteiger partial charge in [-0.3, -0.25) is 4.79 Å². The van der Waals surface area contributed by atoms with Gasteiger partial charge in [-0.05, 0) is 50.1 Å². The number of amides is 1. The van der Waals surface area contributed by atoms with Crippen molar-refractivity contribution in [3.63, 3.8) is 0 Å². The van der Waals surface area contributed by atoms with Crippen LogP contribution in [0.5, 0.6) is 11.5 Å². The number of hydrogen-bond donors (Lipinski definition) is 1. The van der Waals surface area contributed by atoms with Gasteiger partial charge in [0.1, 0.15) is 0 Å². The molecule has 0 saturated carbocycles. The van der Waals surface area contributed by atoms with Crippen LogP contribution in [0, 0.1) is 6.92 Å². The molecule has 0 aromatic heterocycles. The fourth-order valence-electron chi connectivity index (χ4n) is 2.61. The summed E-state index contributed by atoms with van der Waals surface area (Å²) in [5, 5.41) is 2.84. The predicted molar refractivity (Wildman–Crippen MR) is 103 cm³/mol. The Hall–Kier alpha value is -3.02. The van der Waals surface area contributed by atoms with E-state index in [1.54, 1.807) is 51.3 Å². The molecular formula is C21H25NO5. The van der Waals surface area contributed by atoms with Crippen LogP contribution in [0.25, 0.3) is 0 Å². The molecule has 2 aromatic rings. The summed E-state index contributed by atoms with van der Waals surface area (Å²) in [6.45, 7) is 5.67. The van der Waals surface area contributed by atoms with E-state index >= 15 is 0 Å². The van der Waals surface area contributed by atoms with E-state index in [2.05, 4.69) is 5.32 Å². The molecule has 144 valence electrons. The first kappa shape index (κ1) is 20.3. The number of benzene rings is 2. The van der Waals surface area contributed by atoms with Crippen molar-refractivity contribution in [2.45, 2.75) is 33.3 Å². The molecule has 6 heteroatoms. The number of rotatable bonds is 8. The first-order valence-corrected chi connectivity index (χ1v) is 8.89. The van der Waals surface area contributed by atoms with Crippen LogP contribution in [0.3, 0.4) is 0 Å². The second-order valence-electron chi connectivity index (χ2n) is 5.85. The number of methoxy groups -OCH3 is 1. The van der Waals surface area contributed by atoms with Crippen molar-refractivity contribution < 1.29 is 23.8 Å². The molecule has 0 fully saturated rings. The van der Waals surface area contributed by atoms with Gasteiger partial charge in [-0.25, -0.2) is 4.79 Å². The van der Waals surface area contributed by atoms with E-state index in [9.17, 15) is 9.59 Å². The summed E-state index contributed by atoms with van der Waals surface area (Å²) in [5.41, 5.74) is 1.62. The average molecular weight is 371 g/mol. The Morgan fingerprint density at radius 2 is 1.74 bits per heavy atom. The van der Waals surface area contributed by atoms with Crippen LogP contribution in [0.4, 0.5) is 5.69 Å². The smallest absolute Gasteiger partial charge is 0.338 e. The minimum Gasteiger partial charge on any atom is -0.493 e. The predicted octanol–water partition coefficient (Wildman–Crippen LogP) is 3.98. The summed E-state index contributed by atoms with van der Waals surface area (Å²) in [7, 11) is 1.55. The number of carbonyl (C=O) groups excluding carboxylic acids is 2. The standard InChI is InChI=1S/C21H25NO5/c1-5-17(27-19-13-8-7-12-18(19)25-4)20(23)22-16-11-9-10-15(14(16)3)21(24)26-6-2/h7-13,17H,5-6H2,1-4H3,(H,22,23)/t17-/m0/s1. The topological polar surface area (TPSA) is 73.9 Å². The molecule has 1 atom stereocenters. The van der Waals surface area contributed by atoms with Gasteiger partial charge < -0.3 is 19.5 Å². The van der Waals surface area contributed by atoms with Crippen molar-refractivity contribution in [3.05, 3.63) is 53.6 Å². The molecule has 0 aliphatic rings. The molecule has 1 N–H and O–H groups in total. The zero-order valence-electron chi connectivity index (χ0n) is 16.1. The second kappa shape index (κ2) is 9.62. The van der Waals surface area contributed by atoms with Gasteiger partial charge in [-0.1, -0.05) is 25.1 Å². The van der Waals surface area contributed by atoms with Gasteiger partial charge in [0.15, 0.2) is 17.6 Å². The lowest BCUT2D eigenvalue weighted by atomic mass is 10.1. The van der Waals surface area contributed by atoms with Crippen LogP contribution in [-0.4, -0.2) is 31.7 Å². The molecule has 0 unspecified atom stereocenters. The van der Waals surface area contributed by atoms with Gasteiger partial charge in [-0.2, -0.15) is 0 Å². The number of nitrogens with one attached hydrogen (secondary N) is 1. The molecule has 0 spiro atoms. The molecule has 27 heavy (non-hydrogen) atoms. The van der Waals surface area contributed by atoms with E-state index in [1.165, 1.54) is 0 Å². The van der Waals surface area contributed by atoms with Crippen LogP contribution in [0.15, 0.2) is 42.5 Å². The lowest BCUT2D eigenvalue weighted by Crippen LogP contribution is -2.32. The van der Waals surface area contributed by atoms with Crippen LogP contribution in [0.1, 0.15) is 36.2 Å². The summed E-state index contributed by atoms with van der Waals surface area (Å²) < 4.78 is 16.2. The van der Waals surface area contributed by atoms with Gasteiger partial charge >= 0.3 is 5.97 Å². The van der Waals surface area contributed by atoms with Crippen LogP contribution < -0.4 is 14.8 Å². The zero-order valence-corrected chi connectivity index (χ0v) is 16.1. The maximum atomic E-state index is 12.7. The Morgan fingerprint density at radius 1 is 1.04 bits per heavy atom. The van der Waals surface area contributed by atoms with E-state index in [4.69, 9.17) is 14.2 Å². The summed E-state index contributed by atoms with van der Waals surface area (Å²) >= 11 is 0. The fourth-order valence-corrected chi connectivity index (χ4v) is 2.61. The molecule has 2 rings (SSSR count). The minimum absolute atomic E-state index is 0.291. The number of hydrogen-bond acceptors (Lipinski definition) is 5. The highest BCUT2D eigenvalue weighted by molar-refractivity contribution is 5.98. The number of para-hydroxylation sites is 2. The molecule has 0 aliphatic heterocycles. The normalized spacial score (nSPS) is 11.4. The number of anilines is 1. The quantitative estimate of drug-likeness (QED) is 0.711. The summed E-state index contributed by atoms with van der Waals surface area (Å²) in [4.78, 5) is 24.7. The van der Waals surface area contributed by atoms with Crippen LogP contribution in [0.2, 0.25) is 0 Å². The second-order valence-corrected chi connectivity index (χ2v) is 5.85. The molecule has 0 heterocycles. The molecule has 2 aromatic carbocycles. The highest BCUT2D eigenvalue weighted by Gasteiger charge is 2.22. The number of esters is 1. The Morgan fingerprint density at radius 3 is 2.37 bits per heavy atom. The van der Waals surface area contributed by atoms with E-state index < -0.39 is 12.1 Å². The maximum Gasteiger partial charge on any atom is 0.338 e. The molecule has 0 bridgehead atoms. The van der Waals surface area contributed by atoms with E-state index in [0.717, 1.165) is 0 Å². The van der Waals surface area contributed by atoms with Crippen molar-refractivity contribution in [1.29, 1.82) is 0 Å². The lowest BCUT2D eigenvalue weighted by molar-refractivity contribution is -0.122. The average Bonchev–Trinajstić information content (AvgIpc) is 2.68. The SMILES string of the molecule is CCOC(=O)c1cccc(NC(=O)[C@H](CC)Oc2ccccc2OC)c1C. The monoisotopic (exact) mass is 371 g/mol. The van der Waals surface area contributed by atoms with Gasteiger partial charge in [-0.15, -0.1) is 0 Å². The largest absolute Gasteiger partial charge is 0.493 e. The first-order chi connectivity index (χ1) is 13.0. The third kappa shape index (κ3) is 5.00. The van der Waals surface area contributed by atoms with Crippen molar-refractivity contribution in [2.75, 3.05) is 19.0 Å². The van der Waals surface area contributed by atoms with E-state index in [0.29, 0.717) is 41.3 Å². The maximum absolute atomic E-state index is 12.7. The van der Waals surface area contributed by atoms with Crippen molar-refractivity contribution in [3.8, 4) is 11.5 Å². The molecular weight excluding hydrogens is 346 g/mol. The highest BCUT2D eigenvalue weighted by Crippen LogP contribution is 2.28. The lowest BCUT2D eigenvalue weighted by Gasteiger charge is -2.20. The summed E-state index contributed by atoms with van der Waals surface area (Å²) in [5.74, 6) is 0.346. The fraction of sp³-hybridized carbons (Fsp3) is 0.333. The van der Waals surface area contributed by atoms with Crippen LogP contribution in [-0.2, 0) is 9.53 Å². The molecule has 0 radical (unpaired) electrons. The summed E-state index contributed by atoms with van der Waals surface area (Å²) in [6.07, 6.45) is -0.229. The van der Waals surface area contributed by atoms with Crippen LogP contribution >= 0.6 is 0 Å². The first-order valence-electron chi connectivity index (χ1n) is 8.89. The van der Waals surface area contributed by atoms with Gasteiger partial charge in [0.05, 0.1) is 19.3 Å². The van der Waals surface area contributed by atoms with Crippen molar-refractivity contribution in [1.82, 2.24) is 0 Å². The third-order valence-electron chi connectivity index (χ3n) is 4.09. The molecule has 6 nitrogen and oxygen atoms in total. The van der Waals surface area contributed by atoms with Crippen molar-refractivity contribution >= 4 is 17.6 Å². The Bertz CT molecular complexity index is 803. The Balaban J connectivity index is 2.17. The van der Waals surface area contributed by atoms with Gasteiger partial charge in [0.2, 0.25) is 0 Å². The molecule has 0 aliphatic carbocycles. The third-order valence-corrected chi connectivity index (χ3v) is 4.09. The van der Waals surface area contributed by atoms with E-state index in [-0.39, 0.29) is 5.91 Å². The minimum atomic E-state index is -0.702. The van der Waals surface area contributed by atoms with E-state index in [1.807, 2.05) is 19.1 Å². The van der Waals surface area contributed by atoms with Gasteiger partial charge in [0.25, 0.3) is 5.91 Å². The van der Waals surface area contributed by atoms with Gasteiger partial charge in [0, 0.05) is 5.69 Å². The molecule has 1 amide bonds. The Labute approximate surface area is 159 Å².